The van der Waals surface area contributed by atoms with Crippen molar-refractivity contribution in [1.82, 2.24) is 20.2 Å². The van der Waals surface area contributed by atoms with Crippen molar-refractivity contribution in [2.75, 3.05) is 5.73 Å². The number of hydrogen-bond acceptors (Lipinski definition) is 4. The number of nitrogens with zero attached hydrogens (tertiary/aromatic N) is 4. The highest BCUT2D eigenvalue weighted by atomic mass is 15.5. The maximum Gasteiger partial charge on any atom is 0.182 e. The van der Waals surface area contributed by atoms with Crippen molar-refractivity contribution in [3.8, 4) is 11.4 Å². The average molecular weight is 279 g/mol. The monoisotopic (exact) mass is 279 g/mol. The van der Waals surface area contributed by atoms with Crippen molar-refractivity contribution in [2.45, 2.75) is 20.4 Å². The molecule has 106 valence electrons. The maximum atomic E-state index is 5.80. The van der Waals surface area contributed by atoms with Gasteiger partial charge in [0.25, 0.3) is 0 Å². The van der Waals surface area contributed by atoms with Gasteiger partial charge in [0.1, 0.15) is 0 Å². The molecule has 3 rings (SSSR count). The fraction of sp³-hybridized carbons (Fsp3) is 0.188. The van der Waals surface area contributed by atoms with Crippen LogP contribution in [0, 0.1) is 13.8 Å². The third kappa shape index (κ3) is 2.76. The number of aryl methyl sites for hydroxylation is 2. The summed E-state index contributed by atoms with van der Waals surface area (Å²) in [5, 5.41) is 12.1. The van der Waals surface area contributed by atoms with E-state index in [9.17, 15) is 0 Å². The number of benzene rings is 2. The van der Waals surface area contributed by atoms with E-state index in [0.29, 0.717) is 6.54 Å². The van der Waals surface area contributed by atoms with Crippen LogP contribution in [-0.2, 0) is 6.54 Å². The van der Waals surface area contributed by atoms with Gasteiger partial charge in [-0.15, -0.1) is 5.10 Å². The first-order valence-electron chi connectivity index (χ1n) is 6.82. The molecule has 0 spiro atoms. The SMILES string of the molecule is Cc1ccc(Cn2nnnc2-c2ccc(N)cc2C)cc1. The highest BCUT2D eigenvalue weighted by Crippen LogP contribution is 2.23. The molecule has 2 N–H and O–H groups in total. The van der Waals surface area contributed by atoms with Gasteiger partial charge in [0.2, 0.25) is 0 Å². The van der Waals surface area contributed by atoms with Crippen molar-refractivity contribution < 1.29 is 0 Å². The van der Waals surface area contributed by atoms with E-state index in [1.807, 2.05) is 29.8 Å². The van der Waals surface area contributed by atoms with Crippen LogP contribution in [0.4, 0.5) is 5.69 Å². The van der Waals surface area contributed by atoms with E-state index in [1.54, 1.807) is 0 Å². The van der Waals surface area contributed by atoms with Gasteiger partial charge in [0.15, 0.2) is 5.82 Å². The van der Waals surface area contributed by atoms with Gasteiger partial charge in [-0.2, -0.15) is 0 Å². The van der Waals surface area contributed by atoms with Gasteiger partial charge in [-0.25, -0.2) is 4.68 Å². The van der Waals surface area contributed by atoms with Crippen molar-refractivity contribution in [3.05, 3.63) is 59.2 Å². The summed E-state index contributed by atoms with van der Waals surface area (Å²) in [6.45, 7) is 4.73. The zero-order chi connectivity index (χ0) is 14.8. The lowest BCUT2D eigenvalue weighted by atomic mass is 10.1. The normalized spacial score (nSPS) is 10.8. The average Bonchev–Trinajstić information content (AvgIpc) is 2.89. The Balaban J connectivity index is 1.95. The molecule has 1 heterocycles. The summed E-state index contributed by atoms with van der Waals surface area (Å²) < 4.78 is 1.81. The summed E-state index contributed by atoms with van der Waals surface area (Å²) >= 11 is 0. The second-order valence-electron chi connectivity index (χ2n) is 5.22. The molecule has 0 fully saturated rings. The first-order valence-corrected chi connectivity index (χ1v) is 6.82. The summed E-state index contributed by atoms with van der Waals surface area (Å²) in [6.07, 6.45) is 0. The van der Waals surface area contributed by atoms with Crippen LogP contribution in [-0.4, -0.2) is 20.2 Å². The molecule has 0 radical (unpaired) electrons. The number of anilines is 1. The van der Waals surface area contributed by atoms with Crippen LogP contribution in [0.25, 0.3) is 11.4 Å². The largest absolute Gasteiger partial charge is 0.399 e. The highest BCUT2D eigenvalue weighted by Gasteiger charge is 2.11. The molecule has 2 aromatic carbocycles. The van der Waals surface area contributed by atoms with Gasteiger partial charge in [-0.3, -0.25) is 0 Å². The van der Waals surface area contributed by atoms with E-state index in [0.717, 1.165) is 22.6 Å². The van der Waals surface area contributed by atoms with Gasteiger partial charge >= 0.3 is 0 Å². The second-order valence-corrected chi connectivity index (χ2v) is 5.22. The predicted octanol–water partition coefficient (Wildman–Crippen LogP) is 2.59. The van der Waals surface area contributed by atoms with E-state index < -0.39 is 0 Å². The molecule has 0 unspecified atom stereocenters. The molecule has 1 aromatic heterocycles. The van der Waals surface area contributed by atoms with Crippen LogP contribution in [0.2, 0.25) is 0 Å². The quantitative estimate of drug-likeness (QED) is 0.748. The summed E-state index contributed by atoms with van der Waals surface area (Å²) in [5.74, 6) is 0.757. The molecule has 0 aliphatic carbocycles. The molecule has 3 aromatic rings. The van der Waals surface area contributed by atoms with Gasteiger partial charge in [0.05, 0.1) is 6.54 Å². The summed E-state index contributed by atoms with van der Waals surface area (Å²) in [6, 6.07) is 14.1. The third-order valence-electron chi connectivity index (χ3n) is 3.48. The Kier molecular flexibility index (Phi) is 3.39. The van der Waals surface area contributed by atoms with Gasteiger partial charge in [-0.1, -0.05) is 29.8 Å². The molecule has 0 bridgehead atoms. The molecular formula is C16H17N5. The summed E-state index contributed by atoms with van der Waals surface area (Å²) in [5.41, 5.74) is 11.0. The standard InChI is InChI=1S/C16H17N5/c1-11-3-5-13(6-4-11)10-21-16(18-19-20-21)15-8-7-14(17)9-12(15)2/h3-9H,10,17H2,1-2H3. The van der Waals surface area contributed by atoms with Crippen molar-refractivity contribution in [3.63, 3.8) is 0 Å². The van der Waals surface area contributed by atoms with Crippen LogP contribution in [0.15, 0.2) is 42.5 Å². The number of nitrogen functional groups attached to an aromatic ring is 1. The second kappa shape index (κ2) is 5.36. The Hall–Kier alpha value is -2.69. The Morgan fingerprint density at radius 3 is 2.52 bits per heavy atom. The minimum atomic E-state index is 0.645. The molecule has 0 saturated heterocycles. The Morgan fingerprint density at radius 2 is 1.81 bits per heavy atom. The Bertz CT molecular complexity index is 759. The van der Waals surface area contributed by atoms with E-state index in [-0.39, 0.29) is 0 Å². The van der Waals surface area contributed by atoms with Gasteiger partial charge in [-0.05, 0) is 53.6 Å². The predicted molar refractivity (Wildman–Crippen MR) is 82.7 cm³/mol. The summed E-state index contributed by atoms with van der Waals surface area (Å²) in [7, 11) is 0. The van der Waals surface area contributed by atoms with Crippen LogP contribution in [0.1, 0.15) is 16.7 Å². The van der Waals surface area contributed by atoms with E-state index in [2.05, 4.69) is 46.7 Å². The van der Waals surface area contributed by atoms with Crippen molar-refractivity contribution in [2.24, 2.45) is 0 Å². The minimum absolute atomic E-state index is 0.645. The maximum absolute atomic E-state index is 5.80. The number of tetrazole rings is 1. The first kappa shape index (κ1) is 13.3. The molecule has 0 atom stereocenters. The molecule has 0 saturated carbocycles. The van der Waals surface area contributed by atoms with E-state index in [1.165, 1.54) is 11.1 Å². The smallest absolute Gasteiger partial charge is 0.182 e. The highest BCUT2D eigenvalue weighted by molar-refractivity contribution is 5.63. The number of nitrogens with two attached hydrogens (primary N) is 1. The van der Waals surface area contributed by atoms with E-state index >= 15 is 0 Å². The number of rotatable bonds is 3. The molecular weight excluding hydrogens is 262 g/mol. The molecule has 5 nitrogen and oxygen atoms in total. The Morgan fingerprint density at radius 1 is 1.05 bits per heavy atom. The molecule has 0 aliphatic heterocycles. The minimum Gasteiger partial charge on any atom is -0.399 e. The topological polar surface area (TPSA) is 69.6 Å². The first-order chi connectivity index (χ1) is 10.1. The van der Waals surface area contributed by atoms with Crippen LogP contribution < -0.4 is 5.73 Å². The van der Waals surface area contributed by atoms with Crippen molar-refractivity contribution >= 4 is 5.69 Å². The van der Waals surface area contributed by atoms with Gasteiger partial charge < -0.3 is 5.73 Å². The van der Waals surface area contributed by atoms with Gasteiger partial charge in [0, 0.05) is 11.3 Å². The third-order valence-corrected chi connectivity index (χ3v) is 3.48. The van der Waals surface area contributed by atoms with Crippen molar-refractivity contribution in [1.29, 1.82) is 0 Å². The lowest BCUT2D eigenvalue weighted by Crippen LogP contribution is -2.05. The number of hydrogen-bond donors (Lipinski definition) is 1. The fourth-order valence-electron chi connectivity index (χ4n) is 2.31. The molecule has 0 amide bonds. The summed E-state index contributed by atoms with van der Waals surface area (Å²) in [4.78, 5) is 0. The zero-order valence-electron chi connectivity index (χ0n) is 12.1. The van der Waals surface area contributed by atoms with Crippen LogP contribution in [0.3, 0.4) is 0 Å². The van der Waals surface area contributed by atoms with Crippen LogP contribution >= 0.6 is 0 Å². The zero-order valence-corrected chi connectivity index (χ0v) is 12.1. The lowest BCUT2D eigenvalue weighted by Gasteiger charge is -2.08. The van der Waals surface area contributed by atoms with E-state index in [4.69, 9.17) is 5.73 Å². The molecule has 5 heteroatoms. The molecule has 21 heavy (non-hydrogen) atoms. The fourth-order valence-corrected chi connectivity index (χ4v) is 2.31. The molecule has 0 aliphatic rings. The lowest BCUT2D eigenvalue weighted by molar-refractivity contribution is 0.653. The Labute approximate surface area is 123 Å². The number of aromatic nitrogens is 4. The van der Waals surface area contributed by atoms with Crippen LogP contribution in [0.5, 0.6) is 0 Å².